The van der Waals surface area contributed by atoms with E-state index in [4.69, 9.17) is 4.52 Å². The lowest BCUT2D eigenvalue weighted by molar-refractivity contribution is 0.421. The van der Waals surface area contributed by atoms with E-state index in [0.29, 0.717) is 16.6 Å². The Kier molecular flexibility index (Phi) is 3.88. The summed E-state index contributed by atoms with van der Waals surface area (Å²) in [7, 11) is 0. The van der Waals surface area contributed by atoms with E-state index in [1.54, 1.807) is 12.3 Å². The second-order valence-electron chi connectivity index (χ2n) is 4.69. The average Bonchev–Trinajstić information content (AvgIpc) is 3.09. The predicted molar refractivity (Wildman–Crippen MR) is 80.3 cm³/mol. The molecule has 21 heavy (non-hydrogen) atoms. The van der Waals surface area contributed by atoms with Crippen LogP contribution in [-0.2, 0) is 13.0 Å². The van der Waals surface area contributed by atoms with Gasteiger partial charge in [-0.15, -0.1) is 0 Å². The van der Waals surface area contributed by atoms with Crippen LogP contribution in [0.1, 0.15) is 18.1 Å². The van der Waals surface area contributed by atoms with Crippen molar-refractivity contribution in [1.29, 1.82) is 0 Å². The van der Waals surface area contributed by atoms with Crippen LogP contribution in [0.3, 0.4) is 0 Å². The Hall–Kier alpha value is -1.95. The molecule has 0 unspecified atom stereocenters. The lowest BCUT2D eigenvalue weighted by atomic mass is 10.0. The molecule has 0 fully saturated rings. The molecule has 0 spiro atoms. The summed E-state index contributed by atoms with van der Waals surface area (Å²) in [5.74, 6) is -0.292. The molecule has 3 rings (SSSR count). The van der Waals surface area contributed by atoms with Gasteiger partial charge in [0.15, 0.2) is 0 Å². The van der Waals surface area contributed by atoms with Crippen molar-refractivity contribution in [2.45, 2.75) is 19.9 Å². The maximum Gasteiger partial charge on any atom is 0.127 e. The van der Waals surface area contributed by atoms with Crippen molar-refractivity contribution < 1.29 is 8.91 Å². The number of hydrogen-bond donors (Lipinski definition) is 0. The minimum Gasteiger partial charge on any atom is -0.364 e. The van der Waals surface area contributed by atoms with E-state index in [1.807, 2.05) is 24.0 Å². The highest BCUT2D eigenvalue weighted by molar-refractivity contribution is 9.10. The van der Waals surface area contributed by atoms with Gasteiger partial charge in [-0.25, -0.2) is 4.39 Å². The molecule has 0 saturated carbocycles. The molecule has 1 aromatic carbocycles. The lowest BCUT2D eigenvalue weighted by Gasteiger charge is -2.03. The van der Waals surface area contributed by atoms with Gasteiger partial charge in [-0.3, -0.25) is 4.68 Å². The van der Waals surface area contributed by atoms with Gasteiger partial charge in [0.1, 0.15) is 17.8 Å². The summed E-state index contributed by atoms with van der Waals surface area (Å²) in [5, 5.41) is 8.30. The van der Waals surface area contributed by atoms with Crippen LogP contribution >= 0.6 is 15.9 Å². The van der Waals surface area contributed by atoms with Crippen LogP contribution in [0.15, 0.2) is 45.9 Å². The van der Waals surface area contributed by atoms with Gasteiger partial charge in [-0.05, 0) is 46.6 Å². The van der Waals surface area contributed by atoms with Gasteiger partial charge in [0.2, 0.25) is 0 Å². The van der Waals surface area contributed by atoms with Gasteiger partial charge in [-0.2, -0.15) is 5.10 Å². The van der Waals surface area contributed by atoms with Crippen molar-refractivity contribution in [3.63, 3.8) is 0 Å². The highest BCUT2D eigenvalue weighted by atomic mass is 79.9. The van der Waals surface area contributed by atoms with Gasteiger partial charge in [-0.1, -0.05) is 5.16 Å². The van der Waals surface area contributed by atoms with Gasteiger partial charge in [0, 0.05) is 34.8 Å². The fourth-order valence-corrected chi connectivity index (χ4v) is 2.72. The number of benzene rings is 1. The van der Waals surface area contributed by atoms with Crippen molar-refractivity contribution in [2.24, 2.45) is 0 Å². The van der Waals surface area contributed by atoms with Crippen LogP contribution in [-0.4, -0.2) is 14.9 Å². The Morgan fingerprint density at radius 1 is 1.38 bits per heavy atom. The first-order valence-electron chi connectivity index (χ1n) is 6.57. The molecule has 0 aliphatic carbocycles. The fourth-order valence-electron chi connectivity index (χ4n) is 2.18. The summed E-state index contributed by atoms with van der Waals surface area (Å²) in [6.45, 7) is 2.87. The van der Waals surface area contributed by atoms with E-state index < -0.39 is 0 Å². The molecule has 0 aliphatic heterocycles. The topological polar surface area (TPSA) is 43.9 Å². The zero-order chi connectivity index (χ0) is 14.8. The molecular formula is C15H13BrFN3O. The summed E-state index contributed by atoms with van der Waals surface area (Å²) >= 11 is 3.37. The van der Waals surface area contributed by atoms with Crippen LogP contribution in [0.5, 0.6) is 0 Å². The predicted octanol–water partition coefficient (Wildman–Crippen LogP) is 4.05. The van der Waals surface area contributed by atoms with Gasteiger partial charge in [0.25, 0.3) is 0 Å². The summed E-state index contributed by atoms with van der Waals surface area (Å²) in [6.07, 6.45) is 6.12. The van der Waals surface area contributed by atoms with E-state index in [9.17, 15) is 4.39 Å². The standard InChI is InChI=1S/C15H13BrFN3O/c1-2-20-8-10(7-18-20)5-11-9-21-19-15(11)13-4-3-12(17)6-14(13)16/h3-4,6-9H,2,5H2,1H3. The number of aromatic nitrogens is 3. The molecule has 0 radical (unpaired) electrons. The third-order valence-electron chi connectivity index (χ3n) is 3.23. The molecule has 6 heteroatoms. The van der Waals surface area contributed by atoms with E-state index in [-0.39, 0.29) is 5.82 Å². The van der Waals surface area contributed by atoms with Crippen molar-refractivity contribution >= 4 is 15.9 Å². The Bertz CT molecular complexity index is 766. The third kappa shape index (κ3) is 2.90. The maximum absolute atomic E-state index is 13.2. The minimum absolute atomic E-state index is 0.292. The summed E-state index contributed by atoms with van der Waals surface area (Å²) < 4.78 is 20.8. The summed E-state index contributed by atoms with van der Waals surface area (Å²) in [6, 6.07) is 4.52. The molecule has 0 amide bonds. The molecule has 108 valence electrons. The Morgan fingerprint density at radius 3 is 2.95 bits per heavy atom. The smallest absolute Gasteiger partial charge is 0.127 e. The second kappa shape index (κ2) is 5.81. The minimum atomic E-state index is -0.292. The first-order valence-corrected chi connectivity index (χ1v) is 7.36. The van der Waals surface area contributed by atoms with Crippen molar-refractivity contribution in [3.8, 4) is 11.3 Å². The lowest BCUT2D eigenvalue weighted by Crippen LogP contribution is -1.93. The summed E-state index contributed by atoms with van der Waals surface area (Å²) in [5.41, 5.74) is 3.55. The zero-order valence-electron chi connectivity index (χ0n) is 11.4. The fraction of sp³-hybridized carbons (Fsp3) is 0.200. The SMILES string of the molecule is CCn1cc(Cc2conc2-c2ccc(F)cc2Br)cn1. The molecule has 0 atom stereocenters. The van der Waals surface area contributed by atoms with Crippen LogP contribution in [0.4, 0.5) is 4.39 Å². The van der Waals surface area contributed by atoms with Crippen molar-refractivity contribution in [3.05, 3.63) is 58.3 Å². The van der Waals surface area contributed by atoms with Gasteiger partial charge in [0.05, 0.1) is 6.20 Å². The van der Waals surface area contributed by atoms with Crippen LogP contribution in [0.25, 0.3) is 11.3 Å². The highest BCUT2D eigenvalue weighted by Crippen LogP contribution is 2.31. The van der Waals surface area contributed by atoms with Gasteiger partial charge < -0.3 is 4.52 Å². The Labute approximate surface area is 129 Å². The molecule has 0 N–H and O–H groups in total. The van der Waals surface area contributed by atoms with Crippen molar-refractivity contribution in [1.82, 2.24) is 14.9 Å². The summed E-state index contributed by atoms with van der Waals surface area (Å²) in [4.78, 5) is 0. The number of rotatable bonds is 4. The van der Waals surface area contributed by atoms with E-state index in [0.717, 1.165) is 23.2 Å². The van der Waals surface area contributed by atoms with E-state index in [1.165, 1.54) is 12.1 Å². The number of halogens is 2. The Morgan fingerprint density at radius 2 is 2.24 bits per heavy atom. The zero-order valence-corrected chi connectivity index (χ0v) is 13.0. The molecule has 2 heterocycles. The first-order chi connectivity index (χ1) is 10.2. The van der Waals surface area contributed by atoms with Gasteiger partial charge >= 0.3 is 0 Å². The average molecular weight is 350 g/mol. The molecular weight excluding hydrogens is 337 g/mol. The molecule has 0 bridgehead atoms. The number of aryl methyl sites for hydroxylation is 1. The molecule has 0 aliphatic rings. The van der Waals surface area contributed by atoms with Crippen LogP contribution in [0.2, 0.25) is 0 Å². The normalized spacial score (nSPS) is 11.0. The molecule has 4 nitrogen and oxygen atoms in total. The molecule has 0 saturated heterocycles. The van der Waals surface area contributed by atoms with E-state index in [2.05, 4.69) is 26.2 Å². The van der Waals surface area contributed by atoms with E-state index >= 15 is 0 Å². The van der Waals surface area contributed by atoms with Crippen LogP contribution in [0, 0.1) is 5.82 Å². The number of nitrogens with zero attached hydrogens (tertiary/aromatic N) is 3. The van der Waals surface area contributed by atoms with Crippen molar-refractivity contribution in [2.75, 3.05) is 0 Å². The molecule has 3 aromatic rings. The first kappa shape index (κ1) is 14.0. The maximum atomic E-state index is 13.2. The number of hydrogen-bond acceptors (Lipinski definition) is 3. The van der Waals surface area contributed by atoms with Crippen LogP contribution < -0.4 is 0 Å². The Balaban J connectivity index is 1.93. The highest BCUT2D eigenvalue weighted by Gasteiger charge is 2.14. The largest absolute Gasteiger partial charge is 0.364 e. The third-order valence-corrected chi connectivity index (χ3v) is 3.89. The molecule has 2 aromatic heterocycles. The monoisotopic (exact) mass is 349 g/mol. The second-order valence-corrected chi connectivity index (χ2v) is 5.55. The quantitative estimate of drug-likeness (QED) is 0.713.